The summed E-state index contributed by atoms with van der Waals surface area (Å²) in [5.74, 6) is 0.697. The summed E-state index contributed by atoms with van der Waals surface area (Å²) in [6, 6.07) is 6.91. The molecule has 0 aromatic heterocycles. The summed E-state index contributed by atoms with van der Waals surface area (Å²) in [5, 5.41) is -1.51. The highest BCUT2D eigenvalue weighted by molar-refractivity contribution is 7.86. The van der Waals surface area contributed by atoms with Crippen molar-refractivity contribution >= 4 is 59.0 Å². The summed E-state index contributed by atoms with van der Waals surface area (Å²) in [4.78, 5) is 1.65. The van der Waals surface area contributed by atoms with E-state index in [0.29, 0.717) is 41.4 Å². The first kappa shape index (κ1) is 44.6. The van der Waals surface area contributed by atoms with Gasteiger partial charge >= 0.3 is 0 Å². The zero-order valence-corrected chi connectivity index (χ0v) is 36.8. The van der Waals surface area contributed by atoms with Crippen LogP contribution >= 0.6 is 11.6 Å². The van der Waals surface area contributed by atoms with Crippen LogP contribution in [0.3, 0.4) is 0 Å². The number of nitrogens with zero attached hydrogens (tertiary/aromatic N) is 2. The predicted molar refractivity (Wildman–Crippen MR) is 222 cm³/mol. The fraction of sp³-hybridized carbons (Fsp3) is 0.475. The lowest BCUT2D eigenvalue weighted by Crippen LogP contribution is -2.30. The van der Waals surface area contributed by atoms with Crippen molar-refractivity contribution in [1.29, 1.82) is 0 Å². The first-order valence-electron chi connectivity index (χ1n) is 18.5. The number of halogens is 1. The second-order valence-electron chi connectivity index (χ2n) is 15.9. The summed E-state index contributed by atoms with van der Waals surface area (Å²) in [6.45, 7) is 13.3. The lowest BCUT2D eigenvalue weighted by Gasteiger charge is -2.27. The Hall–Kier alpha value is -3.51. The van der Waals surface area contributed by atoms with Crippen molar-refractivity contribution in [2.24, 2.45) is 0 Å². The van der Waals surface area contributed by atoms with Gasteiger partial charge in [-0.15, -0.1) is 0 Å². The minimum absolute atomic E-state index is 0.0161. The Balaban J connectivity index is 1.56. The molecule has 2 aromatic rings. The van der Waals surface area contributed by atoms with E-state index in [9.17, 15) is 38.9 Å². The first-order valence-corrected chi connectivity index (χ1v) is 23.3. The Morgan fingerprint density at radius 1 is 0.825 bits per heavy atom. The number of methoxy groups -OCH3 is 2. The molecule has 3 aliphatic rings. The highest BCUT2D eigenvalue weighted by atomic mass is 35.5. The molecule has 0 saturated heterocycles. The second-order valence-corrected chi connectivity index (χ2v) is 21.4. The number of aryl methyl sites for hydroxylation is 1. The van der Waals surface area contributed by atoms with E-state index >= 15 is 0 Å². The topological polar surface area (TPSA) is 188 Å². The van der Waals surface area contributed by atoms with Crippen LogP contribution in [0.2, 0.25) is 0 Å². The smallest absolute Gasteiger partial charge is 0.298 e. The molecule has 0 radical (unpaired) electrons. The molecule has 0 fully saturated rings. The lowest BCUT2D eigenvalue weighted by atomic mass is 9.81. The second kappa shape index (κ2) is 15.9. The Morgan fingerprint density at radius 3 is 2.00 bits per heavy atom. The number of rotatable bonds is 14. The zero-order valence-electron chi connectivity index (χ0n) is 33.6. The molecule has 13 nitrogen and oxygen atoms in total. The molecule has 312 valence electrons. The van der Waals surface area contributed by atoms with Crippen LogP contribution < -0.4 is 14.4 Å². The molecule has 2 aromatic carbocycles. The Kier molecular flexibility index (Phi) is 12.5. The van der Waals surface area contributed by atoms with Gasteiger partial charge in [-0.25, -0.2) is 0 Å². The van der Waals surface area contributed by atoms with Crippen molar-refractivity contribution in [3.8, 4) is 11.5 Å². The van der Waals surface area contributed by atoms with E-state index in [0.717, 1.165) is 39.4 Å². The van der Waals surface area contributed by atoms with Crippen molar-refractivity contribution in [3.05, 3.63) is 87.1 Å². The SMILES string of the molecule is COc1cc2c(cc1C)N(CCC(C)S(=O)(=O)O)/C(=C/C=C1\CCC(/C=C/C3=[N+](CCC(C)S(=O)(=O)O)c4cc(S(=O)(=O)O)c(OC)cc4C3(C)C)=C1Cl)C2(C)C. The Labute approximate surface area is 341 Å². The molecular weight excluding hydrogens is 816 g/mol. The highest BCUT2D eigenvalue weighted by Crippen LogP contribution is 2.50. The molecule has 3 N–H and O–H groups in total. The van der Waals surface area contributed by atoms with E-state index < -0.39 is 56.6 Å². The van der Waals surface area contributed by atoms with Gasteiger partial charge in [-0.1, -0.05) is 37.6 Å². The normalized spacial score (nSPS) is 20.5. The molecule has 2 heterocycles. The van der Waals surface area contributed by atoms with Gasteiger partial charge in [0.1, 0.15) is 16.4 Å². The lowest BCUT2D eigenvalue weighted by molar-refractivity contribution is -0.438. The maximum atomic E-state index is 12.4. The minimum atomic E-state index is -4.69. The van der Waals surface area contributed by atoms with Crippen molar-refractivity contribution in [3.63, 3.8) is 0 Å². The molecule has 0 amide bonds. The van der Waals surface area contributed by atoms with Gasteiger partial charge in [-0.2, -0.15) is 29.8 Å². The van der Waals surface area contributed by atoms with Gasteiger partial charge in [0.25, 0.3) is 30.4 Å². The predicted octanol–water partition coefficient (Wildman–Crippen LogP) is 7.42. The summed E-state index contributed by atoms with van der Waals surface area (Å²) < 4.78 is 115. The number of hydrogen-bond acceptors (Lipinski definition) is 9. The van der Waals surface area contributed by atoms with Crippen LogP contribution in [-0.2, 0) is 41.2 Å². The van der Waals surface area contributed by atoms with E-state index in [1.54, 1.807) is 17.8 Å². The quantitative estimate of drug-likeness (QED) is 0.126. The van der Waals surface area contributed by atoms with Crippen LogP contribution in [0.25, 0.3) is 0 Å². The van der Waals surface area contributed by atoms with Crippen molar-refractivity contribution < 1.29 is 53.0 Å². The van der Waals surface area contributed by atoms with Gasteiger partial charge < -0.3 is 14.4 Å². The molecule has 17 heteroatoms. The maximum absolute atomic E-state index is 12.4. The maximum Gasteiger partial charge on any atom is 0.298 e. The standard InChI is InChI=1S/C40H51ClN2O11S3/c1-24-20-31-29(21-33(24)53-8)39(4,5)36(42(31)18-16-25(2)55(44,45)46)14-12-27-10-11-28(38(27)41)13-15-37-40(6,7)30-22-34(54-9)35(57(50,51)52)23-32(30)43(37)19-17-26(3)56(47,48)49/h12-15,20-23,25-26H,10-11,16-19H2,1-9H3,(H2-,44,45,46,47,48,49,50,51,52)/p+1. The number of ether oxygens (including phenoxy) is 2. The number of anilines is 1. The minimum Gasteiger partial charge on any atom is -0.496 e. The molecular formula is C40H52ClN2O11S3+. The first-order chi connectivity index (χ1) is 26.2. The summed E-state index contributed by atoms with van der Waals surface area (Å²) in [6.07, 6.45) is 9.21. The Morgan fingerprint density at radius 2 is 1.42 bits per heavy atom. The number of hydrogen-bond donors (Lipinski definition) is 3. The van der Waals surface area contributed by atoms with E-state index in [2.05, 4.69) is 18.7 Å². The van der Waals surface area contributed by atoms with Crippen LogP contribution in [0.5, 0.6) is 11.5 Å². The molecule has 57 heavy (non-hydrogen) atoms. The molecule has 0 saturated carbocycles. The van der Waals surface area contributed by atoms with Crippen LogP contribution in [-0.4, -0.2) is 87.0 Å². The molecule has 0 spiro atoms. The average molecular weight is 869 g/mol. The molecule has 2 atom stereocenters. The monoisotopic (exact) mass is 867 g/mol. The largest absolute Gasteiger partial charge is 0.496 e. The summed E-state index contributed by atoms with van der Waals surface area (Å²) in [5.41, 5.74) is 6.11. The molecule has 1 aliphatic carbocycles. The zero-order chi connectivity index (χ0) is 42.6. The molecule has 0 bridgehead atoms. The van der Waals surface area contributed by atoms with Crippen molar-refractivity contribution in [2.75, 3.05) is 32.2 Å². The highest BCUT2D eigenvalue weighted by Gasteiger charge is 2.46. The van der Waals surface area contributed by atoms with Gasteiger partial charge in [-0.3, -0.25) is 13.7 Å². The number of allylic oxidation sites excluding steroid dienone is 8. The van der Waals surface area contributed by atoms with E-state index in [-0.39, 0.29) is 25.1 Å². The summed E-state index contributed by atoms with van der Waals surface area (Å²) >= 11 is 7.06. The van der Waals surface area contributed by atoms with Crippen molar-refractivity contribution in [1.82, 2.24) is 0 Å². The molecule has 5 rings (SSSR count). The van der Waals surface area contributed by atoms with Gasteiger partial charge in [-0.05, 0) is 100 Å². The van der Waals surface area contributed by atoms with Crippen LogP contribution in [0.1, 0.15) is 83.9 Å². The van der Waals surface area contributed by atoms with Gasteiger partial charge in [0.2, 0.25) is 5.69 Å². The molecule has 2 unspecified atom stereocenters. The molecule has 2 aliphatic heterocycles. The van der Waals surface area contributed by atoms with Gasteiger partial charge in [0, 0.05) is 52.5 Å². The van der Waals surface area contributed by atoms with E-state index in [4.69, 9.17) is 21.1 Å². The third-order valence-electron chi connectivity index (χ3n) is 11.5. The fourth-order valence-corrected chi connectivity index (χ4v) is 9.60. The fourth-order valence-electron chi connectivity index (χ4n) is 7.83. The third-order valence-corrected chi connectivity index (χ3v) is 15.4. The third kappa shape index (κ3) is 8.77. The van der Waals surface area contributed by atoms with Gasteiger partial charge in [0.15, 0.2) is 12.3 Å². The average Bonchev–Trinajstić information content (AvgIpc) is 3.63. The summed E-state index contributed by atoms with van der Waals surface area (Å²) in [7, 11) is -10.3. The van der Waals surface area contributed by atoms with Crippen LogP contribution in [0.15, 0.2) is 75.3 Å². The van der Waals surface area contributed by atoms with E-state index in [1.807, 2.05) is 57.2 Å². The van der Waals surface area contributed by atoms with E-state index in [1.165, 1.54) is 27.0 Å². The van der Waals surface area contributed by atoms with Crippen LogP contribution in [0, 0.1) is 6.92 Å². The number of benzene rings is 2. The van der Waals surface area contributed by atoms with Crippen LogP contribution in [0.4, 0.5) is 11.4 Å². The van der Waals surface area contributed by atoms with Crippen molar-refractivity contribution in [2.45, 2.75) is 100 Å². The Bertz CT molecular complexity index is 2480. The van der Waals surface area contributed by atoms with Gasteiger partial charge in [0.05, 0.1) is 30.1 Å². The number of fused-ring (bicyclic) bond motifs is 2.